The summed E-state index contributed by atoms with van der Waals surface area (Å²) in [5.41, 5.74) is -2.70. The molecule has 0 aliphatic carbocycles. The summed E-state index contributed by atoms with van der Waals surface area (Å²) < 4.78 is 16.8. The fraction of sp³-hybridized carbons (Fsp3) is 0.750. The third kappa shape index (κ3) is 5.32. The van der Waals surface area contributed by atoms with Crippen LogP contribution in [0.4, 0.5) is 0 Å². The molecule has 0 aromatic carbocycles. The predicted octanol–water partition coefficient (Wildman–Crippen LogP) is 3.86. The maximum atomic E-state index is 12.8. The first-order valence-corrected chi connectivity index (χ1v) is 9.17. The summed E-state index contributed by atoms with van der Waals surface area (Å²) in [6.45, 7) is 14.0. The molecule has 1 aliphatic heterocycles. The van der Waals surface area contributed by atoms with Crippen molar-refractivity contribution in [2.24, 2.45) is 0 Å². The van der Waals surface area contributed by atoms with E-state index in [-0.39, 0.29) is 25.0 Å². The monoisotopic (exact) mass is 368 g/mol. The van der Waals surface area contributed by atoms with Gasteiger partial charge in [-0.25, -0.2) is 9.59 Å². The summed E-state index contributed by atoms with van der Waals surface area (Å²) in [4.78, 5) is 37.9. The fourth-order valence-electron chi connectivity index (χ4n) is 2.70. The molecular formula is C20H32O6. The van der Waals surface area contributed by atoms with Crippen molar-refractivity contribution < 1.29 is 28.6 Å². The van der Waals surface area contributed by atoms with Crippen LogP contribution in [0.5, 0.6) is 0 Å². The molecule has 0 fully saturated rings. The van der Waals surface area contributed by atoms with Gasteiger partial charge in [0.1, 0.15) is 17.0 Å². The van der Waals surface area contributed by atoms with Crippen LogP contribution < -0.4 is 0 Å². The molecule has 0 saturated carbocycles. The van der Waals surface area contributed by atoms with E-state index in [4.69, 9.17) is 14.2 Å². The molecule has 0 aromatic heterocycles. The summed E-state index contributed by atoms with van der Waals surface area (Å²) in [5, 5.41) is 0. The van der Waals surface area contributed by atoms with Gasteiger partial charge in [0.05, 0.1) is 5.57 Å². The Morgan fingerprint density at radius 3 is 1.96 bits per heavy atom. The number of Topliss-reactive ketones (excluding diaryl/α,β-unsaturated/α-hetero) is 1. The molecule has 0 radical (unpaired) electrons. The van der Waals surface area contributed by atoms with E-state index in [9.17, 15) is 14.4 Å². The first-order valence-electron chi connectivity index (χ1n) is 9.17. The van der Waals surface area contributed by atoms with Crippen molar-refractivity contribution >= 4 is 17.7 Å². The molecule has 1 unspecified atom stereocenters. The summed E-state index contributed by atoms with van der Waals surface area (Å²) in [7, 11) is 0. The van der Waals surface area contributed by atoms with E-state index >= 15 is 0 Å². The Morgan fingerprint density at radius 2 is 1.54 bits per heavy atom. The van der Waals surface area contributed by atoms with E-state index in [1.165, 1.54) is 0 Å². The van der Waals surface area contributed by atoms with E-state index in [0.29, 0.717) is 17.8 Å². The second-order valence-electron chi connectivity index (χ2n) is 8.46. The van der Waals surface area contributed by atoms with Gasteiger partial charge in [0.15, 0.2) is 5.78 Å². The SMILES string of the molecule is CCC(=O)C1(C(=O)OC(C)(C)C)CCC(C(=O)OC(C)(C)C)=C(CC)O1. The average molecular weight is 368 g/mol. The van der Waals surface area contributed by atoms with E-state index < -0.39 is 28.7 Å². The van der Waals surface area contributed by atoms with Gasteiger partial charge in [-0.15, -0.1) is 0 Å². The third-order valence-electron chi connectivity index (χ3n) is 3.83. The van der Waals surface area contributed by atoms with Crippen molar-refractivity contribution in [1.82, 2.24) is 0 Å². The van der Waals surface area contributed by atoms with Crippen LogP contribution in [-0.4, -0.2) is 34.5 Å². The minimum atomic E-state index is -1.70. The molecule has 26 heavy (non-hydrogen) atoms. The number of ketones is 1. The first kappa shape index (κ1) is 22.2. The molecule has 6 heteroatoms. The minimum absolute atomic E-state index is 0.0622. The highest BCUT2D eigenvalue weighted by Crippen LogP contribution is 2.37. The number of carbonyl (C=O) groups excluding carboxylic acids is 3. The second kappa shape index (κ2) is 7.80. The van der Waals surface area contributed by atoms with Gasteiger partial charge >= 0.3 is 11.9 Å². The molecular weight excluding hydrogens is 336 g/mol. The first-order chi connectivity index (χ1) is 11.8. The van der Waals surface area contributed by atoms with Gasteiger partial charge in [-0.2, -0.15) is 0 Å². The molecule has 1 rings (SSSR count). The molecule has 0 amide bonds. The molecule has 0 spiro atoms. The van der Waals surface area contributed by atoms with Crippen LogP contribution in [0.3, 0.4) is 0 Å². The summed E-state index contributed by atoms with van der Waals surface area (Å²) >= 11 is 0. The Bertz CT molecular complexity index is 603. The maximum absolute atomic E-state index is 12.8. The van der Waals surface area contributed by atoms with Crippen LogP contribution in [-0.2, 0) is 28.6 Å². The van der Waals surface area contributed by atoms with Crippen molar-refractivity contribution in [3.8, 4) is 0 Å². The topological polar surface area (TPSA) is 78.9 Å². The van der Waals surface area contributed by atoms with E-state index in [1.54, 1.807) is 55.4 Å². The molecule has 6 nitrogen and oxygen atoms in total. The summed E-state index contributed by atoms with van der Waals surface area (Å²) in [6, 6.07) is 0. The lowest BCUT2D eigenvalue weighted by molar-refractivity contribution is -0.185. The molecule has 1 aliphatic rings. The normalized spacial score (nSPS) is 21.1. The lowest BCUT2D eigenvalue weighted by atomic mass is 9.85. The largest absolute Gasteiger partial charge is 0.471 e. The van der Waals surface area contributed by atoms with Gasteiger partial charge in [-0.05, 0) is 48.0 Å². The number of carbonyl (C=O) groups is 3. The lowest BCUT2D eigenvalue weighted by Gasteiger charge is -2.38. The Labute approximate surface area is 156 Å². The standard InChI is InChI=1S/C20H32O6/c1-9-14-13(16(22)25-18(3,4)5)11-12-20(24-14,15(21)10-2)17(23)26-19(6,7)8/h9-12H2,1-8H3. The molecule has 1 heterocycles. The van der Waals surface area contributed by atoms with Crippen molar-refractivity contribution in [1.29, 1.82) is 0 Å². The van der Waals surface area contributed by atoms with Crippen LogP contribution in [0.15, 0.2) is 11.3 Å². The van der Waals surface area contributed by atoms with Crippen LogP contribution >= 0.6 is 0 Å². The van der Waals surface area contributed by atoms with Gasteiger partial charge in [0.2, 0.25) is 0 Å². The average Bonchev–Trinajstić information content (AvgIpc) is 2.49. The number of hydrogen-bond donors (Lipinski definition) is 0. The smallest absolute Gasteiger partial charge is 0.358 e. The zero-order valence-corrected chi connectivity index (χ0v) is 17.3. The quantitative estimate of drug-likeness (QED) is 0.541. The van der Waals surface area contributed by atoms with Crippen molar-refractivity contribution in [2.45, 2.75) is 97.9 Å². The zero-order valence-electron chi connectivity index (χ0n) is 17.3. The Balaban J connectivity index is 3.26. The van der Waals surface area contributed by atoms with Gasteiger partial charge in [0, 0.05) is 19.3 Å². The van der Waals surface area contributed by atoms with Crippen LogP contribution in [0.1, 0.15) is 81.1 Å². The Morgan fingerprint density at radius 1 is 1.00 bits per heavy atom. The van der Waals surface area contributed by atoms with Crippen molar-refractivity contribution in [2.75, 3.05) is 0 Å². The highest BCUT2D eigenvalue weighted by atomic mass is 16.6. The van der Waals surface area contributed by atoms with Crippen molar-refractivity contribution in [3.05, 3.63) is 11.3 Å². The number of ether oxygens (including phenoxy) is 3. The van der Waals surface area contributed by atoms with Gasteiger partial charge < -0.3 is 14.2 Å². The van der Waals surface area contributed by atoms with Gasteiger partial charge in [-0.3, -0.25) is 4.79 Å². The van der Waals surface area contributed by atoms with E-state index in [1.807, 2.05) is 0 Å². The van der Waals surface area contributed by atoms with Crippen LogP contribution in [0.2, 0.25) is 0 Å². The molecule has 0 bridgehead atoms. The molecule has 0 aromatic rings. The fourth-order valence-corrected chi connectivity index (χ4v) is 2.70. The molecule has 0 saturated heterocycles. The molecule has 0 N–H and O–H groups in total. The molecule has 148 valence electrons. The predicted molar refractivity (Wildman–Crippen MR) is 97.4 cm³/mol. The van der Waals surface area contributed by atoms with Crippen molar-refractivity contribution in [3.63, 3.8) is 0 Å². The highest BCUT2D eigenvalue weighted by molar-refractivity contribution is 6.08. The van der Waals surface area contributed by atoms with Crippen LogP contribution in [0.25, 0.3) is 0 Å². The number of allylic oxidation sites excluding steroid dienone is 1. The van der Waals surface area contributed by atoms with Crippen LogP contribution in [0, 0.1) is 0 Å². The number of esters is 2. The maximum Gasteiger partial charge on any atom is 0.358 e. The Kier molecular flexibility index (Phi) is 6.66. The van der Waals surface area contributed by atoms with Gasteiger partial charge in [0.25, 0.3) is 5.60 Å². The highest BCUT2D eigenvalue weighted by Gasteiger charge is 2.52. The number of hydrogen-bond acceptors (Lipinski definition) is 6. The number of rotatable bonds is 5. The Hall–Kier alpha value is -1.85. The second-order valence-corrected chi connectivity index (χ2v) is 8.46. The third-order valence-corrected chi connectivity index (χ3v) is 3.83. The lowest BCUT2D eigenvalue weighted by Crippen LogP contribution is -2.53. The summed E-state index contributed by atoms with van der Waals surface area (Å²) in [6.07, 6.45) is 0.795. The molecule has 1 atom stereocenters. The summed E-state index contributed by atoms with van der Waals surface area (Å²) in [5.74, 6) is -1.21. The van der Waals surface area contributed by atoms with E-state index in [0.717, 1.165) is 0 Å². The van der Waals surface area contributed by atoms with Gasteiger partial charge in [-0.1, -0.05) is 13.8 Å². The minimum Gasteiger partial charge on any atom is -0.471 e. The zero-order chi connectivity index (χ0) is 20.3. The van der Waals surface area contributed by atoms with E-state index in [2.05, 4.69) is 0 Å².